The lowest BCUT2D eigenvalue weighted by molar-refractivity contribution is -0.130. The Balaban J connectivity index is 1.50. The highest BCUT2D eigenvalue weighted by molar-refractivity contribution is 7.91. The van der Waals surface area contributed by atoms with Crippen LogP contribution >= 0.6 is 23.2 Å². The summed E-state index contributed by atoms with van der Waals surface area (Å²) in [6.07, 6.45) is -0.306. The Labute approximate surface area is 240 Å². The number of nitrogens with one attached hydrogen (secondary N) is 1. The van der Waals surface area contributed by atoms with Crippen LogP contribution in [0.25, 0.3) is 0 Å². The number of halogens is 2. The van der Waals surface area contributed by atoms with E-state index in [2.05, 4.69) is 10.3 Å². The molecule has 0 radical (unpaired) electrons. The molecule has 9 nitrogen and oxygen atoms in total. The van der Waals surface area contributed by atoms with E-state index in [-0.39, 0.29) is 34.7 Å². The predicted octanol–water partition coefficient (Wildman–Crippen LogP) is 4.67. The minimum atomic E-state index is -3.70. The van der Waals surface area contributed by atoms with Crippen LogP contribution in [0, 0.1) is 6.92 Å². The number of carbonyl (C=O) groups is 2. The second-order valence-electron chi connectivity index (χ2n) is 10.3. The largest absolute Gasteiger partial charge is 0.443 e. The fourth-order valence-electron chi connectivity index (χ4n) is 3.86. The van der Waals surface area contributed by atoms with Crippen LogP contribution in [0.4, 0.5) is 4.79 Å². The number of nitrogens with zero attached hydrogens (tertiary/aromatic N) is 3. The minimum Gasteiger partial charge on any atom is -0.443 e. The van der Waals surface area contributed by atoms with E-state index < -0.39 is 21.5 Å². The lowest BCUT2D eigenvalue weighted by atomic mass is 10.1. The predicted molar refractivity (Wildman–Crippen MR) is 153 cm³/mol. The molecule has 3 rings (SSSR count). The Kier molecular flexibility index (Phi) is 10.0. The summed E-state index contributed by atoms with van der Waals surface area (Å²) >= 11 is 12.2. The fourth-order valence-corrected chi connectivity index (χ4v) is 5.85. The quantitative estimate of drug-likeness (QED) is 0.421. The molecular weight excluding hydrogens is 563 g/mol. The molecule has 0 unspecified atom stereocenters. The van der Waals surface area contributed by atoms with E-state index in [1.165, 1.54) is 17.0 Å². The van der Waals surface area contributed by atoms with Gasteiger partial charge in [-0.3, -0.25) is 14.7 Å². The van der Waals surface area contributed by atoms with Crippen LogP contribution in [0.3, 0.4) is 0 Å². The van der Waals surface area contributed by atoms with E-state index >= 15 is 0 Å². The van der Waals surface area contributed by atoms with Crippen LogP contribution in [0.15, 0.2) is 46.3 Å². The zero-order valence-corrected chi connectivity index (χ0v) is 25.1. The molecule has 2 aromatic rings. The average Bonchev–Trinajstić information content (AvgIpc) is 3.34. The molecule has 1 N–H and O–H groups in total. The van der Waals surface area contributed by atoms with E-state index in [0.29, 0.717) is 36.1 Å². The number of aliphatic imine (C=N–C) groups is 1. The molecule has 1 aliphatic rings. The third-order valence-corrected chi connectivity index (χ3v) is 8.54. The molecular formula is C27H34Cl2N4O5S. The van der Waals surface area contributed by atoms with E-state index in [1.54, 1.807) is 18.9 Å². The summed E-state index contributed by atoms with van der Waals surface area (Å²) < 4.78 is 30.8. The average molecular weight is 598 g/mol. The molecule has 0 aliphatic carbocycles. The number of sulfone groups is 1. The molecule has 0 saturated carbocycles. The number of carbonyl (C=O) groups excluding carboxylic acids is 2. The number of hydrogen-bond acceptors (Lipinski definition) is 7. The zero-order chi connectivity index (χ0) is 29.0. The van der Waals surface area contributed by atoms with Crippen LogP contribution < -0.4 is 5.32 Å². The van der Waals surface area contributed by atoms with Crippen LogP contribution in [-0.2, 0) is 25.9 Å². The Morgan fingerprint density at radius 3 is 2.44 bits per heavy atom. The highest BCUT2D eigenvalue weighted by Gasteiger charge is 2.29. The van der Waals surface area contributed by atoms with Crippen LogP contribution in [0.5, 0.6) is 0 Å². The summed E-state index contributed by atoms with van der Waals surface area (Å²) in [4.78, 5) is 32.7. The number of rotatable bonds is 9. The van der Waals surface area contributed by atoms with Crippen LogP contribution in [-0.4, -0.2) is 74.2 Å². The van der Waals surface area contributed by atoms with Gasteiger partial charge in [0.25, 0.3) is 0 Å². The van der Waals surface area contributed by atoms with Gasteiger partial charge in [-0.1, -0.05) is 47.5 Å². The first-order valence-corrected chi connectivity index (χ1v) is 14.9. The van der Waals surface area contributed by atoms with Crippen molar-refractivity contribution in [2.75, 3.05) is 32.6 Å². The highest BCUT2D eigenvalue weighted by atomic mass is 35.5. The lowest BCUT2D eigenvalue weighted by Crippen LogP contribution is -2.39. The van der Waals surface area contributed by atoms with Crippen molar-refractivity contribution in [3.05, 3.63) is 63.1 Å². The number of benzene rings is 2. The summed E-state index contributed by atoms with van der Waals surface area (Å²) in [5.74, 6) is 0.0770. The van der Waals surface area contributed by atoms with Gasteiger partial charge in [-0.25, -0.2) is 13.2 Å². The van der Waals surface area contributed by atoms with Crippen molar-refractivity contribution in [2.45, 2.75) is 51.2 Å². The first kappa shape index (κ1) is 30.9. The molecule has 2 aromatic carbocycles. The Hall–Kier alpha value is -2.66. The van der Waals surface area contributed by atoms with Gasteiger partial charge < -0.3 is 15.0 Å². The van der Waals surface area contributed by atoms with E-state index in [0.717, 1.165) is 11.1 Å². The summed E-state index contributed by atoms with van der Waals surface area (Å²) in [5, 5.41) is 3.31. The van der Waals surface area contributed by atoms with E-state index in [4.69, 9.17) is 27.9 Å². The molecule has 0 saturated heterocycles. The number of ether oxygens (including phenoxy) is 1. The van der Waals surface area contributed by atoms with Crippen molar-refractivity contribution in [2.24, 2.45) is 4.99 Å². The van der Waals surface area contributed by atoms with Gasteiger partial charge in [0.05, 0.1) is 23.0 Å². The summed E-state index contributed by atoms with van der Waals surface area (Å²) in [6.45, 7) is 8.65. The Bertz CT molecular complexity index is 1360. The highest BCUT2D eigenvalue weighted by Crippen LogP contribution is 2.30. The van der Waals surface area contributed by atoms with Gasteiger partial charge in [-0.15, -0.1) is 0 Å². The monoisotopic (exact) mass is 596 g/mol. The van der Waals surface area contributed by atoms with Crippen molar-refractivity contribution in [3.63, 3.8) is 0 Å². The molecule has 0 atom stereocenters. The maximum atomic E-state index is 12.7. The molecule has 12 heteroatoms. The maximum Gasteiger partial charge on any atom is 0.416 e. The third-order valence-electron chi connectivity index (χ3n) is 5.94. The Morgan fingerprint density at radius 1 is 1.13 bits per heavy atom. The summed E-state index contributed by atoms with van der Waals surface area (Å²) in [7, 11) is -2.01. The second-order valence-corrected chi connectivity index (χ2v) is 13.0. The smallest absolute Gasteiger partial charge is 0.416 e. The fraction of sp³-hybridized carbons (Fsp3) is 0.444. The van der Waals surface area contributed by atoms with Gasteiger partial charge in [-0.2, -0.15) is 0 Å². The molecule has 212 valence electrons. The topological polar surface area (TPSA) is 108 Å². The van der Waals surface area contributed by atoms with Gasteiger partial charge in [0.2, 0.25) is 5.91 Å². The molecule has 1 aliphatic heterocycles. The second kappa shape index (κ2) is 12.7. The third kappa shape index (κ3) is 8.17. The minimum absolute atomic E-state index is 0.00300. The normalized spacial score (nSPS) is 13.8. The lowest BCUT2D eigenvalue weighted by Gasteiger charge is -2.25. The molecule has 2 amide bonds. The summed E-state index contributed by atoms with van der Waals surface area (Å²) in [5.41, 5.74) is 1.60. The maximum absolute atomic E-state index is 12.7. The summed E-state index contributed by atoms with van der Waals surface area (Å²) in [6, 6.07) is 10.4. The van der Waals surface area contributed by atoms with Gasteiger partial charge in [0.15, 0.2) is 9.84 Å². The van der Waals surface area contributed by atoms with E-state index in [1.807, 2.05) is 45.0 Å². The first-order valence-electron chi connectivity index (χ1n) is 12.5. The molecule has 0 spiro atoms. The van der Waals surface area contributed by atoms with Gasteiger partial charge in [0.1, 0.15) is 17.3 Å². The van der Waals surface area contributed by atoms with Crippen LogP contribution in [0.1, 0.15) is 43.9 Å². The Morgan fingerprint density at radius 2 is 1.79 bits per heavy atom. The van der Waals surface area contributed by atoms with Crippen molar-refractivity contribution < 1.29 is 22.7 Å². The number of amides is 2. The molecule has 0 aromatic heterocycles. The number of hydrogen-bond donors (Lipinski definition) is 1. The first-order chi connectivity index (χ1) is 18.2. The van der Waals surface area contributed by atoms with Gasteiger partial charge in [0, 0.05) is 37.1 Å². The zero-order valence-electron chi connectivity index (χ0n) is 22.8. The van der Waals surface area contributed by atoms with Crippen molar-refractivity contribution >= 4 is 50.9 Å². The van der Waals surface area contributed by atoms with Crippen LogP contribution in [0.2, 0.25) is 10.0 Å². The van der Waals surface area contributed by atoms with Gasteiger partial charge in [-0.05, 0) is 51.0 Å². The molecule has 0 fully saturated rings. The van der Waals surface area contributed by atoms with Crippen molar-refractivity contribution in [3.8, 4) is 0 Å². The SMILES string of the molecule is Cc1c(Cl)ccc(S(=O)(=O)CNCCC(=O)N(C)Cc2ccc(C3=NCCN3C(=O)OC(C)(C)C)cc2)c1Cl. The molecule has 0 bridgehead atoms. The number of amidine groups is 1. The van der Waals surface area contributed by atoms with Gasteiger partial charge >= 0.3 is 6.09 Å². The van der Waals surface area contributed by atoms with Crippen molar-refractivity contribution in [1.82, 2.24) is 15.1 Å². The molecule has 39 heavy (non-hydrogen) atoms. The van der Waals surface area contributed by atoms with E-state index in [9.17, 15) is 18.0 Å². The van der Waals surface area contributed by atoms with Crippen molar-refractivity contribution in [1.29, 1.82) is 0 Å². The molecule has 1 heterocycles. The standard InChI is InChI=1S/C27H34Cl2N4O5S/c1-18-21(28)10-11-22(24(18)29)39(36,37)17-30-13-12-23(34)32(5)16-19-6-8-20(9-7-19)25-31-14-15-33(25)26(35)38-27(2,3)4/h6-11,30H,12-17H2,1-5H3.